The molecule has 0 saturated heterocycles. The van der Waals surface area contributed by atoms with Gasteiger partial charge in [-0.15, -0.1) is 0 Å². The first-order valence-electron chi connectivity index (χ1n) is 8.67. The molecule has 0 heterocycles. The van der Waals surface area contributed by atoms with Crippen LogP contribution in [0.5, 0.6) is 0 Å². The van der Waals surface area contributed by atoms with E-state index in [0.717, 1.165) is 57.4 Å². The van der Waals surface area contributed by atoms with Crippen LogP contribution in [0.25, 0.3) is 0 Å². The minimum atomic E-state index is 0.191. The highest BCUT2D eigenvalue weighted by Crippen LogP contribution is 2.29. The Morgan fingerprint density at radius 3 is 2.59 bits per heavy atom. The van der Waals surface area contributed by atoms with Gasteiger partial charge in [-0.2, -0.15) is 0 Å². The lowest BCUT2D eigenvalue weighted by Crippen LogP contribution is -2.41. The van der Waals surface area contributed by atoms with E-state index >= 15 is 0 Å². The molecule has 2 saturated carbocycles. The summed E-state index contributed by atoms with van der Waals surface area (Å²) in [4.78, 5) is 16.0. The Bertz CT molecular complexity index is 365. The summed E-state index contributed by atoms with van der Waals surface area (Å²) in [5.74, 6) is 2.10. The van der Waals surface area contributed by atoms with Gasteiger partial charge in [0.1, 0.15) is 0 Å². The molecular weight excluding hydrogens is 280 g/mol. The standard InChI is InChI=1S/C16H30N4O2/c1-2-17-16(19-8-3-11-22-12-13-4-5-13)20-10-9-18-15(21)14-6-7-14/h13-14H,2-12H2,1H3,(H,18,21)(H2,17,19,20). The zero-order valence-corrected chi connectivity index (χ0v) is 13.7. The summed E-state index contributed by atoms with van der Waals surface area (Å²) in [7, 11) is 0. The third kappa shape index (κ3) is 7.64. The number of aliphatic imine (C=N–C) groups is 1. The molecule has 2 fully saturated rings. The second kappa shape index (κ2) is 9.66. The van der Waals surface area contributed by atoms with Gasteiger partial charge < -0.3 is 20.7 Å². The summed E-state index contributed by atoms with van der Waals surface area (Å²) in [5, 5.41) is 9.39. The first kappa shape index (κ1) is 17.1. The van der Waals surface area contributed by atoms with Crippen molar-refractivity contribution in [3.63, 3.8) is 0 Å². The topological polar surface area (TPSA) is 74.8 Å². The average Bonchev–Trinajstić information content (AvgIpc) is 3.39. The summed E-state index contributed by atoms with van der Waals surface area (Å²) in [5.41, 5.74) is 0. The molecule has 0 aromatic rings. The molecule has 0 spiro atoms. The second-order valence-corrected chi connectivity index (χ2v) is 6.12. The molecule has 0 aromatic heterocycles. The van der Waals surface area contributed by atoms with E-state index in [4.69, 9.17) is 4.74 Å². The maximum absolute atomic E-state index is 11.5. The number of hydrogen-bond acceptors (Lipinski definition) is 3. The van der Waals surface area contributed by atoms with Crippen molar-refractivity contribution in [2.75, 3.05) is 39.4 Å². The van der Waals surface area contributed by atoms with Crippen LogP contribution in [0, 0.1) is 11.8 Å². The Hall–Kier alpha value is -1.30. The van der Waals surface area contributed by atoms with Gasteiger partial charge in [0, 0.05) is 45.3 Å². The lowest BCUT2D eigenvalue weighted by molar-refractivity contribution is -0.122. The van der Waals surface area contributed by atoms with Crippen LogP contribution in [0.3, 0.4) is 0 Å². The van der Waals surface area contributed by atoms with E-state index in [-0.39, 0.29) is 11.8 Å². The van der Waals surface area contributed by atoms with Crippen molar-refractivity contribution in [2.45, 2.75) is 39.0 Å². The largest absolute Gasteiger partial charge is 0.381 e. The van der Waals surface area contributed by atoms with Crippen molar-refractivity contribution in [1.29, 1.82) is 0 Å². The molecule has 0 unspecified atom stereocenters. The molecular formula is C16H30N4O2. The first-order chi connectivity index (χ1) is 10.8. The number of guanidine groups is 1. The molecule has 2 rings (SSSR count). The van der Waals surface area contributed by atoms with E-state index in [1.165, 1.54) is 12.8 Å². The van der Waals surface area contributed by atoms with E-state index in [1.54, 1.807) is 0 Å². The van der Waals surface area contributed by atoms with Crippen molar-refractivity contribution >= 4 is 11.9 Å². The molecule has 0 aliphatic heterocycles. The average molecular weight is 310 g/mol. The number of hydrogen-bond donors (Lipinski definition) is 3. The van der Waals surface area contributed by atoms with E-state index in [1.807, 2.05) is 6.92 Å². The Labute approximate surface area is 133 Å². The zero-order valence-electron chi connectivity index (χ0n) is 13.7. The van der Waals surface area contributed by atoms with E-state index in [2.05, 4.69) is 20.9 Å². The molecule has 0 bridgehead atoms. The quantitative estimate of drug-likeness (QED) is 0.301. The molecule has 22 heavy (non-hydrogen) atoms. The smallest absolute Gasteiger partial charge is 0.223 e. The highest BCUT2D eigenvalue weighted by molar-refractivity contribution is 5.81. The van der Waals surface area contributed by atoms with Gasteiger partial charge in [0.2, 0.25) is 5.91 Å². The van der Waals surface area contributed by atoms with Crippen LogP contribution in [-0.4, -0.2) is 51.3 Å². The first-order valence-corrected chi connectivity index (χ1v) is 8.67. The predicted octanol–water partition coefficient (Wildman–Crippen LogP) is 0.884. The number of rotatable bonds is 11. The van der Waals surface area contributed by atoms with Gasteiger partial charge in [-0.05, 0) is 44.9 Å². The highest BCUT2D eigenvalue weighted by Gasteiger charge is 2.28. The normalized spacial score (nSPS) is 18.1. The Morgan fingerprint density at radius 1 is 1.14 bits per heavy atom. The summed E-state index contributed by atoms with van der Waals surface area (Å²) >= 11 is 0. The van der Waals surface area contributed by atoms with E-state index in [9.17, 15) is 4.79 Å². The summed E-state index contributed by atoms with van der Waals surface area (Å²) in [6.07, 6.45) is 5.72. The van der Waals surface area contributed by atoms with Gasteiger partial charge in [0.25, 0.3) is 0 Å². The number of nitrogens with one attached hydrogen (secondary N) is 3. The fraction of sp³-hybridized carbons (Fsp3) is 0.875. The van der Waals surface area contributed by atoms with Crippen LogP contribution in [0.2, 0.25) is 0 Å². The Morgan fingerprint density at radius 2 is 1.91 bits per heavy atom. The summed E-state index contributed by atoms with van der Waals surface area (Å²) in [6.45, 7) is 6.68. The van der Waals surface area contributed by atoms with Gasteiger partial charge in [0.05, 0.1) is 0 Å². The lowest BCUT2D eigenvalue weighted by atomic mass is 10.4. The summed E-state index contributed by atoms with van der Waals surface area (Å²) in [6, 6.07) is 0. The fourth-order valence-electron chi connectivity index (χ4n) is 2.09. The SMILES string of the molecule is CCNC(=NCCCOCC1CC1)NCCNC(=O)C1CC1. The lowest BCUT2D eigenvalue weighted by Gasteiger charge is -2.11. The van der Waals surface area contributed by atoms with Crippen LogP contribution in [-0.2, 0) is 9.53 Å². The Kier molecular flexibility index (Phi) is 7.49. The molecule has 2 aliphatic rings. The molecule has 0 radical (unpaired) electrons. The molecule has 126 valence electrons. The number of ether oxygens (including phenoxy) is 1. The van der Waals surface area contributed by atoms with Crippen LogP contribution in [0.15, 0.2) is 4.99 Å². The maximum atomic E-state index is 11.5. The number of amides is 1. The van der Waals surface area contributed by atoms with Crippen molar-refractivity contribution in [3.05, 3.63) is 0 Å². The van der Waals surface area contributed by atoms with Gasteiger partial charge in [-0.1, -0.05) is 0 Å². The molecule has 2 aliphatic carbocycles. The van der Waals surface area contributed by atoms with Crippen LogP contribution >= 0.6 is 0 Å². The van der Waals surface area contributed by atoms with Crippen molar-refractivity contribution in [2.24, 2.45) is 16.8 Å². The van der Waals surface area contributed by atoms with Gasteiger partial charge >= 0.3 is 0 Å². The second-order valence-electron chi connectivity index (χ2n) is 6.12. The molecule has 6 nitrogen and oxygen atoms in total. The minimum absolute atomic E-state index is 0.191. The van der Waals surface area contributed by atoms with Gasteiger partial charge in [-0.25, -0.2) is 0 Å². The van der Waals surface area contributed by atoms with Crippen molar-refractivity contribution < 1.29 is 9.53 Å². The van der Waals surface area contributed by atoms with Gasteiger partial charge in [0.15, 0.2) is 5.96 Å². The molecule has 6 heteroatoms. The predicted molar refractivity (Wildman–Crippen MR) is 87.9 cm³/mol. The third-order valence-corrected chi connectivity index (χ3v) is 3.78. The molecule has 0 atom stereocenters. The van der Waals surface area contributed by atoms with Crippen LogP contribution < -0.4 is 16.0 Å². The highest BCUT2D eigenvalue weighted by atomic mass is 16.5. The number of carbonyl (C=O) groups excluding carboxylic acids is 1. The number of nitrogens with zero attached hydrogens (tertiary/aromatic N) is 1. The van der Waals surface area contributed by atoms with E-state index in [0.29, 0.717) is 13.1 Å². The molecule has 3 N–H and O–H groups in total. The van der Waals surface area contributed by atoms with E-state index < -0.39 is 0 Å². The third-order valence-electron chi connectivity index (χ3n) is 3.78. The fourth-order valence-corrected chi connectivity index (χ4v) is 2.09. The summed E-state index contributed by atoms with van der Waals surface area (Å²) < 4.78 is 5.59. The molecule has 0 aromatic carbocycles. The zero-order chi connectivity index (χ0) is 15.6. The minimum Gasteiger partial charge on any atom is -0.381 e. The van der Waals surface area contributed by atoms with Crippen LogP contribution in [0.1, 0.15) is 39.0 Å². The number of carbonyl (C=O) groups is 1. The van der Waals surface area contributed by atoms with Crippen molar-refractivity contribution in [3.8, 4) is 0 Å². The van der Waals surface area contributed by atoms with Gasteiger partial charge in [-0.3, -0.25) is 9.79 Å². The van der Waals surface area contributed by atoms with Crippen molar-refractivity contribution in [1.82, 2.24) is 16.0 Å². The molecule has 1 amide bonds. The Balaban J connectivity index is 1.49. The monoisotopic (exact) mass is 310 g/mol. The van der Waals surface area contributed by atoms with Crippen LogP contribution in [0.4, 0.5) is 0 Å². The maximum Gasteiger partial charge on any atom is 0.223 e.